The van der Waals surface area contributed by atoms with E-state index < -0.39 is 28.0 Å². The molecule has 1 aromatic heterocycles. The van der Waals surface area contributed by atoms with Crippen LogP contribution in [0.1, 0.15) is 28.6 Å². The first-order chi connectivity index (χ1) is 14.7. The summed E-state index contributed by atoms with van der Waals surface area (Å²) in [4.78, 5) is 24.5. The predicted molar refractivity (Wildman–Crippen MR) is 114 cm³/mol. The Balaban J connectivity index is 1.57. The number of hydrogen-bond acceptors (Lipinski definition) is 6. The summed E-state index contributed by atoms with van der Waals surface area (Å²) in [5, 5.41) is 2.67. The van der Waals surface area contributed by atoms with Gasteiger partial charge in [0.1, 0.15) is 5.76 Å². The van der Waals surface area contributed by atoms with Gasteiger partial charge in [-0.1, -0.05) is 17.7 Å². The van der Waals surface area contributed by atoms with Gasteiger partial charge in [-0.15, -0.1) is 0 Å². The molecule has 3 aromatic rings. The molecule has 1 atom stereocenters. The van der Waals surface area contributed by atoms with Crippen molar-refractivity contribution < 1.29 is 27.2 Å². The van der Waals surface area contributed by atoms with E-state index in [0.717, 1.165) is 5.56 Å². The van der Waals surface area contributed by atoms with E-state index in [9.17, 15) is 18.0 Å². The number of carbonyl (C=O) groups is 2. The van der Waals surface area contributed by atoms with Gasteiger partial charge in [-0.3, -0.25) is 4.79 Å². The van der Waals surface area contributed by atoms with Crippen LogP contribution in [-0.4, -0.2) is 26.4 Å². The van der Waals surface area contributed by atoms with Crippen molar-refractivity contribution in [2.75, 3.05) is 5.32 Å². The second kappa shape index (κ2) is 9.59. The fraction of sp³-hybridized carbons (Fsp3) is 0.182. The number of aryl methyl sites for hydroxylation is 1. The molecule has 0 aliphatic rings. The van der Waals surface area contributed by atoms with Crippen molar-refractivity contribution in [2.45, 2.75) is 31.4 Å². The van der Waals surface area contributed by atoms with Crippen LogP contribution >= 0.6 is 0 Å². The molecule has 0 aliphatic carbocycles. The Bertz CT molecular complexity index is 1140. The number of sulfonamides is 1. The summed E-state index contributed by atoms with van der Waals surface area (Å²) in [6, 6.07) is 15.8. The van der Waals surface area contributed by atoms with Gasteiger partial charge in [0.2, 0.25) is 10.0 Å². The molecule has 0 bridgehead atoms. The Morgan fingerprint density at radius 3 is 2.32 bits per heavy atom. The van der Waals surface area contributed by atoms with E-state index in [-0.39, 0.29) is 17.0 Å². The second-order valence-electron chi connectivity index (χ2n) is 6.83. The number of ether oxygens (including phenoxy) is 1. The molecule has 2 N–H and O–H groups in total. The highest BCUT2D eigenvalue weighted by Crippen LogP contribution is 2.14. The zero-order valence-corrected chi connectivity index (χ0v) is 17.8. The number of furan rings is 1. The molecule has 9 heteroatoms. The van der Waals surface area contributed by atoms with Crippen LogP contribution in [-0.2, 0) is 26.1 Å². The normalized spacial score (nSPS) is 12.2. The standard InChI is InChI=1S/C22H22N2O6S/c1-15-5-9-18(10-6-15)24-21(25)16(2)30-22(26)17-7-11-20(12-8-17)31(27,28)23-14-19-4-3-13-29-19/h3-13,16,23H,14H2,1-2H3,(H,24,25)/t16-/m0/s1. The average molecular weight is 442 g/mol. The molecule has 0 spiro atoms. The third-order valence-corrected chi connectivity index (χ3v) is 5.81. The van der Waals surface area contributed by atoms with Crippen molar-refractivity contribution in [2.24, 2.45) is 0 Å². The van der Waals surface area contributed by atoms with Crippen molar-refractivity contribution in [1.82, 2.24) is 4.72 Å². The summed E-state index contributed by atoms with van der Waals surface area (Å²) in [6.07, 6.45) is 0.415. The summed E-state index contributed by atoms with van der Waals surface area (Å²) in [5.74, 6) is -0.737. The third kappa shape index (κ3) is 6.03. The first-order valence-corrected chi connectivity index (χ1v) is 10.9. The molecule has 1 amide bonds. The summed E-state index contributed by atoms with van der Waals surface area (Å²) in [6.45, 7) is 3.40. The lowest BCUT2D eigenvalue weighted by Crippen LogP contribution is -2.30. The van der Waals surface area contributed by atoms with Crippen LogP contribution in [0.25, 0.3) is 0 Å². The molecule has 31 heavy (non-hydrogen) atoms. The Hall–Kier alpha value is -3.43. The van der Waals surface area contributed by atoms with Crippen LogP contribution in [0.3, 0.4) is 0 Å². The number of hydrogen-bond donors (Lipinski definition) is 2. The number of anilines is 1. The SMILES string of the molecule is Cc1ccc(NC(=O)[C@H](C)OC(=O)c2ccc(S(=O)(=O)NCc3ccco3)cc2)cc1. The van der Waals surface area contributed by atoms with E-state index in [1.165, 1.54) is 37.5 Å². The van der Waals surface area contributed by atoms with Gasteiger partial charge in [0.05, 0.1) is 23.3 Å². The van der Waals surface area contributed by atoms with Gasteiger partial charge in [-0.05, 0) is 62.4 Å². The summed E-state index contributed by atoms with van der Waals surface area (Å²) in [5.41, 5.74) is 1.77. The highest BCUT2D eigenvalue weighted by atomic mass is 32.2. The van der Waals surface area contributed by atoms with Gasteiger partial charge < -0.3 is 14.5 Å². The minimum absolute atomic E-state index is 0.00668. The summed E-state index contributed by atoms with van der Waals surface area (Å²) < 4.78 is 37.4. The zero-order chi connectivity index (χ0) is 22.4. The first kappa shape index (κ1) is 22.3. The number of esters is 1. The quantitative estimate of drug-likeness (QED) is 0.518. The third-order valence-electron chi connectivity index (χ3n) is 4.39. The van der Waals surface area contributed by atoms with Gasteiger partial charge in [-0.2, -0.15) is 0 Å². The van der Waals surface area contributed by atoms with E-state index in [4.69, 9.17) is 9.15 Å². The topological polar surface area (TPSA) is 115 Å². The molecule has 1 heterocycles. The van der Waals surface area contributed by atoms with Crippen LogP contribution in [0.2, 0.25) is 0 Å². The molecule has 0 fully saturated rings. The van der Waals surface area contributed by atoms with Crippen LogP contribution in [0, 0.1) is 6.92 Å². The Morgan fingerprint density at radius 1 is 1.03 bits per heavy atom. The number of benzene rings is 2. The van der Waals surface area contributed by atoms with Crippen molar-refractivity contribution in [3.63, 3.8) is 0 Å². The minimum atomic E-state index is -3.78. The fourth-order valence-electron chi connectivity index (χ4n) is 2.60. The van der Waals surface area contributed by atoms with E-state index in [2.05, 4.69) is 10.0 Å². The Labute approximate surface area is 180 Å². The van der Waals surface area contributed by atoms with Crippen LogP contribution < -0.4 is 10.0 Å². The van der Waals surface area contributed by atoms with Crippen LogP contribution in [0.4, 0.5) is 5.69 Å². The predicted octanol–water partition coefficient (Wildman–Crippen LogP) is 3.25. The van der Waals surface area contributed by atoms with E-state index in [1.54, 1.807) is 24.3 Å². The molecule has 0 saturated carbocycles. The van der Waals surface area contributed by atoms with Gasteiger partial charge in [0, 0.05) is 5.69 Å². The van der Waals surface area contributed by atoms with Gasteiger partial charge >= 0.3 is 5.97 Å². The lowest BCUT2D eigenvalue weighted by atomic mass is 10.2. The zero-order valence-electron chi connectivity index (χ0n) is 17.0. The molecule has 8 nitrogen and oxygen atoms in total. The maximum absolute atomic E-state index is 12.3. The monoisotopic (exact) mass is 442 g/mol. The van der Waals surface area contributed by atoms with Gasteiger partial charge in [-0.25, -0.2) is 17.9 Å². The van der Waals surface area contributed by atoms with E-state index >= 15 is 0 Å². The molecule has 0 saturated heterocycles. The largest absolute Gasteiger partial charge is 0.468 e. The average Bonchev–Trinajstić information content (AvgIpc) is 3.28. The molecule has 0 radical (unpaired) electrons. The molecular formula is C22H22N2O6S. The summed E-state index contributed by atoms with van der Waals surface area (Å²) >= 11 is 0. The highest BCUT2D eigenvalue weighted by molar-refractivity contribution is 7.89. The number of carbonyl (C=O) groups excluding carboxylic acids is 2. The van der Waals surface area contributed by atoms with Gasteiger partial charge in [0.15, 0.2) is 6.10 Å². The van der Waals surface area contributed by atoms with Crippen molar-refractivity contribution >= 4 is 27.6 Å². The van der Waals surface area contributed by atoms with E-state index in [0.29, 0.717) is 11.4 Å². The molecule has 0 aliphatic heterocycles. The number of amides is 1. The van der Waals surface area contributed by atoms with Crippen LogP contribution in [0.5, 0.6) is 0 Å². The fourth-order valence-corrected chi connectivity index (χ4v) is 3.59. The molecule has 2 aromatic carbocycles. The molecular weight excluding hydrogens is 420 g/mol. The first-order valence-electron chi connectivity index (χ1n) is 9.45. The maximum atomic E-state index is 12.3. The smallest absolute Gasteiger partial charge is 0.338 e. The highest BCUT2D eigenvalue weighted by Gasteiger charge is 2.20. The Kier molecular flexibility index (Phi) is 6.88. The van der Waals surface area contributed by atoms with E-state index in [1.807, 2.05) is 19.1 Å². The molecule has 3 rings (SSSR count). The van der Waals surface area contributed by atoms with Gasteiger partial charge in [0.25, 0.3) is 5.91 Å². The Morgan fingerprint density at radius 2 is 1.71 bits per heavy atom. The van der Waals surface area contributed by atoms with Crippen molar-refractivity contribution in [3.8, 4) is 0 Å². The number of rotatable bonds is 8. The lowest BCUT2D eigenvalue weighted by Gasteiger charge is -2.14. The summed E-state index contributed by atoms with van der Waals surface area (Å²) in [7, 11) is -3.78. The minimum Gasteiger partial charge on any atom is -0.468 e. The second-order valence-corrected chi connectivity index (χ2v) is 8.60. The molecule has 0 unspecified atom stereocenters. The maximum Gasteiger partial charge on any atom is 0.338 e. The van der Waals surface area contributed by atoms with Crippen molar-refractivity contribution in [3.05, 3.63) is 83.8 Å². The molecule has 162 valence electrons. The lowest BCUT2D eigenvalue weighted by molar-refractivity contribution is -0.123. The number of nitrogens with one attached hydrogen (secondary N) is 2. The van der Waals surface area contributed by atoms with Crippen LogP contribution in [0.15, 0.2) is 76.2 Å². The van der Waals surface area contributed by atoms with Crippen molar-refractivity contribution in [1.29, 1.82) is 0 Å².